The Labute approximate surface area is 86.8 Å². The number of carbonyl (C=O) groups excluding carboxylic acids is 1. The number of nitrogens with one attached hydrogen (secondary N) is 2. The van der Waals surface area contributed by atoms with Crippen LogP contribution in [0.3, 0.4) is 0 Å². The quantitative estimate of drug-likeness (QED) is 0.569. The zero-order valence-corrected chi connectivity index (χ0v) is 8.56. The van der Waals surface area contributed by atoms with Crippen LogP contribution in [0, 0.1) is 0 Å². The van der Waals surface area contributed by atoms with Crippen LogP contribution in [-0.2, 0) is 0 Å². The molecule has 4 heteroatoms. The Morgan fingerprint density at radius 3 is 2.86 bits per heavy atom. The van der Waals surface area contributed by atoms with Crippen LogP contribution in [0.2, 0.25) is 0 Å². The summed E-state index contributed by atoms with van der Waals surface area (Å²) in [5.41, 5.74) is 0. The van der Waals surface area contributed by atoms with Crippen LogP contribution in [-0.4, -0.2) is 18.9 Å². The van der Waals surface area contributed by atoms with Gasteiger partial charge in [0, 0.05) is 19.2 Å². The molecular weight excluding hydrogens is 196 g/mol. The van der Waals surface area contributed by atoms with E-state index >= 15 is 0 Å². The molecule has 0 atom stereocenters. The van der Waals surface area contributed by atoms with Crippen molar-refractivity contribution >= 4 is 17.1 Å². The van der Waals surface area contributed by atoms with E-state index in [1.54, 1.807) is 6.08 Å². The van der Waals surface area contributed by atoms with Gasteiger partial charge in [-0.3, -0.25) is 4.79 Å². The van der Waals surface area contributed by atoms with Crippen molar-refractivity contribution in [2.45, 2.75) is 6.42 Å². The second kappa shape index (κ2) is 4.28. The Balaban J connectivity index is 2.05. The molecule has 0 saturated carbocycles. The van der Waals surface area contributed by atoms with Gasteiger partial charge in [0.25, 0.3) is 0 Å². The maximum atomic E-state index is 11.6. The maximum Gasteiger partial charge on any atom is 0.199 e. The summed E-state index contributed by atoms with van der Waals surface area (Å²) in [4.78, 5) is 12.4. The third kappa shape index (κ3) is 2.14. The lowest BCUT2D eigenvalue weighted by atomic mass is 10.2. The highest BCUT2D eigenvalue weighted by atomic mass is 32.1. The van der Waals surface area contributed by atoms with E-state index in [2.05, 4.69) is 10.6 Å². The van der Waals surface area contributed by atoms with Crippen LogP contribution in [0.15, 0.2) is 29.4 Å². The number of ketones is 1. The number of carbonyl (C=O) groups is 1. The molecule has 0 aromatic carbocycles. The second-order valence-electron chi connectivity index (χ2n) is 3.11. The summed E-state index contributed by atoms with van der Waals surface area (Å²) in [6.45, 7) is 1.88. The van der Waals surface area contributed by atoms with E-state index in [0.717, 1.165) is 30.2 Å². The highest BCUT2D eigenvalue weighted by Crippen LogP contribution is 2.10. The van der Waals surface area contributed by atoms with Crippen molar-refractivity contribution in [1.29, 1.82) is 0 Å². The van der Waals surface area contributed by atoms with Gasteiger partial charge in [-0.2, -0.15) is 0 Å². The number of hydrogen-bond acceptors (Lipinski definition) is 4. The van der Waals surface area contributed by atoms with Crippen LogP contribution >= 0.6 is 11.3 Å². The van der Waals surface area contributed by atoms with Gasteiger partial charge in [-0.15, -0.1) is 11.3 Å². The Morgan fingerprint density at radius 2 is 2.21 bits per heavy atom. The van der Waals surface area contributed by atoms with Crippen molar-refractivity contribution in [3.05, 3.63) is 34.3 Å². The lowest BCUT2D eigenvalue weighted by Crippen LogP contribution is -2.35. The monoisotopic (exact) mass is 208 g/mol. The van der Waals surface area contributed by atoms with Gasteiger partial charge in [0.15, 0.2) is 5.78 Å². The predicted octanol–water partition coefficient (Wildman–Crippen LogP) is 1.36. The van der Waals surface area contributed by atoms with E-state index in [1.807, 2.05) is 17.5 Å². The molecule has 0 spiro atoms. The summed E-state index contributed by atoms with van der Waals surface area (Å²) in [6, 6.07) is 3.73. The number of thiophene rings is 1. The summed E-state index contributed by atoms with van der Waals surface area (Å²) in [7, 11) is 0. The maximum absolute atomic E-state index is 11.6. The highest BCUT2D eigenvalue weighted by molar-refractivity contribution is 7.12. The first-order valence-corrected chi connectivity index (χ1v) is 5.51. The molecule has 1 aromatic heterocycles. The van der Waals surface area contributed by atoms with Crippen LogP contribution in [0.4, 0.5) is 0 Å². The lowest BCUT2D eigenvalue weighted by Gasteiger charge is -2.18. The lowest BCUT2D eigenvalue weighted by molar-refractivity contribution is 0.104. The van der Waals surface area contributed by atoms with Crippen molar-refractivity contribution in [3.63, 3.8) is 0 Å². The molecular formula is C10H12N2OS. The predicted molar refractivity (Wildman–Crippen MR) is 57.4 cm³/mol. The molecule has 0 bridgehead atoms. The third-order valence-electron chi connectivity index (χ3n) is 2.02. The summed E-state index contributed by atoms with van der Waals surface area (Å²) in [6.07, 6.45) is 2.73. The number of rotatable bonds is 2. The molecule has 1 aromatic rings. The zero-order chi connectivity index (χ0) is 9.80. The van der Waals surface area contributed by atoms with Crippen LogP contribution in [0.25, 0.3) is 0 Å². The van der Waals surface area contributed by atoms with Crippen molar-refractivity contribution in [1.82, 2.24) is 10.6 Å². The molecule has 14 heavy (non-hydrogen) atoms. The van der Waals surface area contributed by atoms with Crippen molar-refractivity contribution in [2.24, 2.45) is 0 Å². The van der Waals surface area contributed by atoms with Gasteiger partial charge in [-0.1, -0.05) is 6.07 Å². The Hall–Kier alpha value is -1.29. The average Bonchev–Trinajstić information content (AvgIpc) is 2.72. The fourth-order valence-electron chi connectivity index (χ4n) is 1.32. The molecule has 74 valence electrons. The minimum atomic E-state index is 0.0666. The van der Waals surface area contributed by atoms with E-state index in [0.29, 0.717) is 0 Å². The molecule has 1 aliphatic rings. The minimum Gasteiger partial charge on any atom is -0.372 e. The third-order valence-corrected chi connectivity index (χ3v) is 2.91. The van der Waals surface area contributed by atoms with Crippen LogP contribution < -0.4 is 10.6 Å². The van der Waals surface area contributed by atoms with E-state index in [1.165, 1.54) is 11.3 Å². The van der Waals surface area contributed by atoms with Gasteiger partial charge < -0.3 is 10.6 Å². The highest BCUT2D eigenvalue weighted by Gasteiger charge is 2.07. The molecule has 1 aliphatic heterocycles. The van der Waals surface area contributed by atoms with E-state index < -0.39 is 0 Å². The SMILES string of the molecule is O=C(C=C1NCCCN1)c1cccs1. The molecule has 1 fully saturated rings. The topological polar surface area (TPSA) is 41.1 Å². The molecule has 1 saturated heterocycles. The first-order chi connectivity index (χ1) is 6.86. The van der Waals surface area contributed by atoms with Crippen molar-refractivity contribution in [2.75, 3.05) is 13.1 Å². The van der Waals surface area contributed by atoms with Gasteiger partial charge in [0.05, 0.1) is 4.88 Å². The molecule has 0 amide bonds. The van der Waals surface area contributed by atoms with Gasteiger partial charge in [-0.05, 0) is 17.9 Å². The summed E-state index contributed by atoms with van der Waals surface area (Å²) >= 11 is 1.47. The number of hydrogen-bond donors (Lipinski definition) is 2. The van der Waals surface area contributed by atoms with E-state index in [-0.39, 0.29) is 5.78 Å². The largest absolute Gasteiger partial charge is 0.372 e. The molecule has 2 N–H and O–H groups in total. The average molecular weight is 208 g/mol. The van der Waals surface area contributed by atoms with Crippen LogP contribution in [0.5, 0.6) is 0 Å². The fourth-order valence-corrected chi connectivity index (χ4v) is 1.96. The van der Waals surface area contributed by atoms with Gasteiger partial charge in [0.1, 0.15) is 5.82 Å². The van der Waals surface area contributed by atoms with Crippen molar-refractivity contribution in [3.8, 4) is 0 Å². The zero-order valence-electron chi connectivity index (χ0n) is 7.75. The van der Waals surface area contributed by atoms with E-state index in [4.69, 9.17) is 0 Å². The van der Waals surface area contributed by atoms with Gasteiger partial charge in [0.2, 0.25) is 0 Å². The summed E-state index contributed by atoms with van der Waals surface area (Å²) in [5, 5.41) is 8.20. The van der Waals surface area contributed by atoms with Crippen molar-refractivity contribution < 1.29 is 4.79 Å². The molecule has 2 rings (SSSR count). The fraction of sp³-hybridized carbons (Fsp3) is 0.300. The molecule has 2 heterocycles. The minimum absolute atomic E-state index is 0.0666. The number of allylic oxidation sites excluding steroid dienone is 1. The standard InChI is InChI=1S/C10H12N2OS/c13-8(9-3-1-6-14-9)7-10-11-4-2-5-12-10/h1,3,6-7,11-12H,2,4-5H2. The summed E-state index contributed by atoms with van der Waals surface area (Å²) < 4.78 is 0. The summed E-state index contributed by atoms with van der Waals surface area (Å²) in [5.74, 6) is 0.909. The van der Waals surface area contributed by atoms with Gasteiger partial charge >= 0.3 is 0 Å². The Bertz CT molecular complexity index is 335. The normalized spacial score (nSPS) is 15.6. The molecule has 0 aliphatic carbocycles. The smallest absolute Gasteiger partial charge is 0.199 e. The Kier molecular flexibility index (Phi) is 2.84. The molecule has 0 radical (unpaired) electrons. The van der Waals surface area contributed by atoms with Gasteiger partial charge in [-0.25, -0.2) is 0 Å². The second-order valence-corrected chi connectivity index (χ2v) is 4.05. The molecule has 3 nitrogen and oxygen atoms in total. The Morgan fingerprint density at radius 1 is 1.43 bits per heavy atom. The first-order valence-electron chi connectivity index (χ1n) is 4.63. The first kappa shape index (κ1) is 9.27. The molecule has 0 unspecified atom stereocenters. The van der Waals surface area contributed by atoms with E-state index in [9.17, 15) is 4.79 Å². The van der Waals surface area contributed by atoms with Crippen LogP contribution in [0.1, 0.15) is 16.1 Å².